The van der Waals surface area contributed by atoms with Crippen molar-refractivity contribution in [3.05, 3.63) is 16.0 Å². The van der Waals surface area contributed by atoms with Gasteiger partial charge in [-0.3, -0.25) is 4.79 Å². The number of rotatable bonds is 3. The van der Waals surface area contributed by atoms with E-state index in [-0.39, 0.29) is 5.75 Å². The summed E-state index contributed by atoms with van der Waals surface area (Å²) in [7, 11) is 0. The smallest absolute Gasteiger partial charge is 0.313 e. The lowest BCUT2D eigenvalue weighted by Gasteiger charge is -1.95. The normalized spacial score (nSPS) is 9.75. The average Bonchev–Trinajstić information content (AvgIpc) is 2.03. The molecule has 0 saturated carbocycles. The summed E-state index contributed by atoms with van der Waals surface area (Å²) < 4.78 is 0.937. The third kappa shape index (κ3) is 3.35. The first-order chi connectivity index (χ1) is 5.68. The molecule has 0 aromatic carbocycles. The van der Waals surface area contributed by atoms with E-state index in [1.54, 1.807) is 12.4 Å². The lowest BCUT2D eigenvalue weighted by Crippen LogP contribution is -1.99. The van der Waals surface area contributed by atoms with Crippen LogP contribution in [0.3, 0.4) is 0 Å². The summed E-state index contributed by atoms with van der Waals surface area (Å²) in [5, 5.41) is 8.85. The predicted molar refractivity (Wildman–Crippen MR) is 53.1 cm³/mol. The largest absolute Gasteiger partial charge is 0.481 e. The number of aromatic nitrogens is 2. The molecule has 0 radical (unpaired) electrons. The standard InChI is InChI=1S/C6H5IN2O2S/c7-4-1-8-6(9-2-4)12-3-5(10)11/h1-2H,3H2,(H,10,11). The number of aliphatic carboxylic acids is 1. The fourth-order valence-electron chi connectivity index (χ4n) is 0.501. The summed E-state index contributed by atoms with van der Waals surface area (Å²) in [5.74, 6) is -0.859. The highest BCUT2D eigenvalue weighted by Crippen LogP contribution is 2.11. The predicted octanol–water partition coefficient (Wildman–Crippen LogP) is 1.26. The Kier molecular flexibility index (Phi) is 3.73. The van der Waals surface area contributed by atoms with Crippen molar-refractivity contribution in [3.63, 3.8) is 0 Å². The third-order valence-corrected chi connectivity index (χ3v) is 2.34. The number of halogens is 1. The van der Waals surface area contributed by atoms with E-state index in [0.29, 0.717) is 5.16 Å². The van der Waals surface area contributed by atoms with Crippen LogP contribution in [0.4, 0.5) is 0 Å². The zero-order valence-corrected chi connectivity index (χ0v) is 8.87. The second kappa shape index (κ2) is 4.61. The molecule has 1 N–H and O–H groups in total. The van der Waals surface area contributed by atoms with Crippen LogP contribution in [0.2, 0.25) is 0 Å². The highest BCUT2D eigenvalue weighted by atomic mass is 127. The number of thioether (sulfide) groups is 1. The Morgan fingerprint density at radius 3 is 2.67 bits per heavy atom. The molecular formula is C6H5IN2O2S. The number of carboxylic acid groups (broad SMARTS) is 1. The van der Waals surface area contributed by atoms with E-state index in [9.17, 15) is 4.79 Å². The molecule has 1 aromatic rings. The third-order valence-electron chi connectivity index (χ3n) is 0.921. The van der Waals surface area contributed by atoms with E-state index in [0.717, 1.165) is 15.3 Å². The van der Waals surface area contributed by atoms with Gasteiger partial charge in [-0.2, -0.15) is 0 Å². The van der Waals surface area contributed by atoms with E-state index < -0.39 is 5.97 Å². The molecule has 1 rings (SSSR count). The van der Waals surface area contributed by atoms with Gasteiger partial charge in [0.2, 0.25) is 0 Å². The molecule has 6 heteroatoms. The summed E-state index contributed by atoms with van der Waals surface area (Å²) >= 11 is 3.20. The Bertz CT molecular complexity index is 277. The maximum atomic E-state index is 10.2. The van der Waals surface area contributed by atoms with E-state index in [1.807, 2.05) is 0 Å². The molecule has 0 aliphatic heterocycles. The van der Waals surface area contributed by atoms with Gasteiger partial charge in [0.15, 0.2) is 5.16 Å². The van der Waals surface area contributed by atoms with Gasteiger partial charge in [-0.05, 0) is 22.6 Å². The van der Waals surface area contributed by atoms with Crippen molar-refractivity contribution in [1.29, 1.82) is 0 Å². The van der Waals surface area contributed by atoms with E-state index in [1.165, 1.54) is 0 Å². The van der Waals surface area contributed by atoms with Gasteiger partial charge in [-0.1, -0.05) is 11.8 Å². The molecule has 0 fully saturated rings. The SMILES string of the molecule is O=C(O)CSc1ncc(I)cn1. The lowest BCUT2D eigenvalue weighted by atomic mass is 10.7. The quantitative estimate of drug-likeness (QED) is 0.517. The van der Waals surface area contributed by atoms with Crippen molar-refractivity contribution in [2.45, 2.75) is 5.16 Å². The maximum absolute atomic E-state index is 10.2. The van der Waals surface area contributed by atoms with Crippen LogP contribution < -0.4 is 0 Å². The molecule has 4 nitrogen and oxygen atoms in total. The molecule has 12 heavy (non-hydrogen) atoms. The van der Waals surface area contributed by atoms with Crippen LogP contribution in [0.15, 0.2) is 17.6 Å². The van der Waals surface area contributed by atoms with Crippen LogP contribution in [0.1, 0.15) is 0 Å². The summed E-state index contributed by atoms with van der Waals surface area (Å²) in [6.07, 6.45) is 3.30. The van der Waals surface area contributed by atoms with Gasteiger partial charge in [-0.25, -0.2) is 9.97 Å². The van der Waals surface area contributed by atoms with Crippen molar-refractivity contribution in [1.82, 2.24) is 9.97 Å². The van der Waals surface area contributed by atoms with Crippen LogP contribution in [0.25, 0.3) is 0 Å². The molecule has 0 spiro atoms. The highest BCUT2D eigenvalue weighted by Gasteiger charge is 2.01. The molecule has 0 saturated heterocycles. The second-order valence-corrected chi connectivity index (χ2v) is 4.05. The van der Waals surface area contributed by atoms with Crippen molar-refractivity contribution >= 4 is 40.3 Å². The van der Waals surface area contributed by atoms with Gasteiger partial charge in [0, 0.05) is 16.0 Å². The number of carboxylic acids is 1. The van der Waals surface area contributed by atoms with Gasteiger partial charge in [0.25, 0.3) is 0 Å². The van der Waals surface area contributed by atoms with Gasteiger partial charge < -0.3 is 5.11 Å². The molecule has 0 atom stereocenters. The summed E-state index contributed by atoms with van der Waals surface area (Å²) in [6, 6.07) is 0. The Labute approximate surface area is 86.9 Å². The van der Waals surface area contributed by atoms with Crippen LogP contribution in [-0.2, 0) is 4.79 Å². The minimum Gasteiger partial charge on any atom is -0.481 e. The van der Waals surface area contributed by atoms with E-state index in [2.05, 4.69) is 32.6 Å². The summed E-state index contributed by atoms with van der Waals surface area (Å²) in [6.45, 7) is 0. The first-order valence-corrected chi connectivity index (χ1v) is 5.07. The van der Waals surface area contributed by atoms with Crippen molar-refractivity contribution in [2.24, 2.45) is 0 Å². The maximum Gasteiger partial charge on any atom is 0.313 e. The fourth-order valence-corrected chi connectivity index (χ4v) is 1.29. The average molecular weight is 296 g/mol. The summed E-state index contributed by atoms with van der Waals surface area (Å²) in [5.41, 5.74) is 0. The van der Waals surface area contributed by atoms with Crippen LogP contribution in [-0.4, -0.2) is 26.8 Å². The van der Waals surface area contributed by atoms with Crippen molar-refractivity contribution < 1.29 is 9.90 Å². The first kappa shape index (κ1) is 9.72. The van der Waals surface area contributed by atoms with E-state index >= 15 is 0 Å². The molecule has 0 aliphatic carbocycles. The van der Waals surface area contributed by atoms with Crippen molar-refractivity contribution in [2.75, 3.05) is 5.75 Å². The number of hydrogen-bond acceptors (Lipinski definition) is 4. The summed E-state index contributed by atoms with van der Waals surface area (Å²) in [4.78, 5) is 18.0. The van der Waals surface area contributed by atoms with Crippen LogP contribution in [0, 0.1) is 3.57 Å². The Balaban J connectivity index is 2.53. The van der Waals surface area contributed by atoms with Crippen LogP contribution >= 0.6 is 34.4 Å². The second-order valence-electron chi connectivity index (χ2n) is 1.87. The van der Waals surface area contributed by atoms with Gasteiger partial charge in [0.05, 0.1) is 5.75 Å². The fraction of sp³-hybridized carbons (Fsp3) is 0.167. The molecule has 0 bridgehead atoms. The van der Waals surface area contributed by atoms with Crippen LogP contribution in [0.5, 0.6) is 0 Å². The molecular weight excluding hydrogens is 291 g/mol. The number of hydrogen-bond donors (Lipinski definition) is 1. The first-order valence-electron chi connectivity index (χ1n) is 3.00. The molecule has 1 aromatic heterocycles. The minimum absolute atomic E-state index is 0.000588. The highest BCUT2D eigenvalue weighted by molar-refractivity contribution is 14.1. The zero-order chi connectivity index (χ0) is 8.97. The van der Waals surface area contributed by atoms with E-state index in [4.69, 9.17) is 5.11 Å². The molecule has 0 aliphatic rings. The van der Waals surface area contributed by atoms with Crippen molar-refractivity contribution in [3.8, 4) is 0 Å². The Morgan fingerprint density at radius 2 is 2.17 bits per heavy atom. The van der Waals surface area contributed by atoms with Gasteiger partial charge >= 0.3 is 5.97 Å². The lowest BCUT2D eigenvalue weighted by molar-refractivity contribution is -0.133. The Morgan fingerprint density at radius 1 is 1.58 bits per heavy atom. The number of carbonyl (C=O) groups is 1. The number of nitrogens with zero attached hydrogens (tertiary/aromatic N) is 2. The molecule has 1 heterocycles. The minimum atomic E-state index is -0.859. The monoisotopic (exact) mass is 296 g/mol. The van der Waals surface area contributed by atoms with Gasteiger partial charge in [-0.15, -0.1) is 0 Å². The molecule has 0 unspecified atom stereocenters. The topological polar surface area (TPSA) is 63.1 Å². The molecule has 0 amide bonds. The van der Waals surface area contributed by atoms with Gasteiger partial charge in [0.1, 0.15) is 0 Å². The Hall–Kier alpha value is -0.370. The zero-order valence-electron chi connectivity index (χ0n) is 5.90. The molecule has 64 valence electrons.